The molecule has 136 valence electrons. The van der Waals surface area contributed by atoms with Gasteiger partial charge in [0.15, 0.2) is 0 Å². The average molecular weight is 356 g/mol. The fourth-order valence-electron chi connectivity index (χ4n) is 3.91. The molecule has 0 aromatic carbocycles. The zero-order valence-electron chi connectivity index (χ0n) is 14.8. The van der Waals surface area contributed by atoms with Gasteiger partial charge in [0.25, 0.3) is 0 Å². The second-order valence-electron chi connectivity index (χ2n) is 6.73. The minimum Gasteiger partial charge on any atom is -0.339 e. The van der Waals surface area contributed by atoms with E-state index in [2.05, 4.69) is 31.6 Å². The van der Waals surface area contributed by atoms with E-state index in [9.17, 15) is 4.79 Å². The molecule has 3 rings (SSSR count). The first-order chi connectivity index (χ1) is 11.2. The summed E-state index contributed by atoms with van der Waals surface area (Å²) in [4.78, 5) is 21.8. The van der Waals surface area contributed by atoms with E-state index in [-0.39, 0.29) is 24.4 Å². The molecular weight excluding hydrogens is 326 g/mol. The van der Waals surface area contributed by atoms with Gasteiger partial charge in [-0.2, -0.15) is 0 Å². The molecule has 1 amide bonds. The number of piperidine rings is 1. The summed E-state index contributed by atoms with van der Waals surface area (Å²) in [6.07, 6.45) is 8.43. The van der Waals surface area contributed by atoms with Crippen LogP contribution < -0.4 is 5.32 Å². The van der Waals surface area contributed by atoms with E-state index >= 15 is 0 Å². The van der Waals surface area contributed by atoms with Crippen LogP contribution in [0.15, 0.2) is 12.4 Å². The molecule has 3 heterocycles. The number of aromatic nitrogens is 2. The Hall–Kier alpha value is -1.11. The molecule has 7 heteroatoms. The second kappa shape index (κ2) is 8.83. The number of nitrogens with zero attached hydrogens (tertiary/aromatic N) is 4. The molecule has 0 saturated carbocycles. The number of likely N-dealkylation sites (tertiary alicyclic amines) is 1. The summed E-state index contributed by atoms with van der Waals surface area (Å²) in [6, 6.07) is 0.614. The smallest absolute Gasteiger partial charge is 0.237 e. The molecule has 2 aliphatic heterocycles. The molecule has 2 unspecified atom stereocenters. The lowest BCUT2D eigenvalue weighted by atomic mass is 10.00. The first kappa shape index (κ1) is 19.2. The minimum absolute atomic E-state index is 0. The number of nitrogens with one attached hydrogen (secondary N) is 1. The number of carbonyl (C=O) groups is 1. The second-order valence-corrected chi connectivity index (χ2v) is 6.73. The van der Waals surface area contributed by atoms with E-state index in [0.29, 0.717) is 12.6 Å². The minimum atomic E-state index is 0. The lowest BCUT2D eigenvalue weighted by molar-refractivity contribution is -0.137. The van der Waals surface area contributed by atoms with Crippen LogP contribution in [0.25, 0.3) is 0 Å². The van der Waals surface area contributed by atoms with Gasteiger partial charge in [-0.15, -0.1) is 12.4 Å². The molecule has 1 aromatic heterocycles. The van der Waals surface area contributed by atoms with Crippen LogP contribution in [0.1, 0.15) is 44.5 Å². The summed E-state index contributed by atoms with van der Waals surface area (Å²) in [7, 11) is 2.02. The maximum atomic E-state index is 12.9. The predicted molar refractivity (Wildman–Crippen MR) is 97.3 cm³/mol. The van der Waals surface area contributed by atoms with Gasteiger partial charge in [-0.3, -0.25) is 9.69 Å². The van der Waals surface area contributed by atoms with Gasteiger partial charge in [0.1, 0.15) is 5.82 Å². The van der Waals surface area contributed by atoms with E-state index in [1.807, 2.05) is 19.4 Å². The number of piperazine rings is 1. The number of carbonyl (C=O) groups excluding carboxylic acids is 1. The predicted octanol–water partition coefficient (Wildman–Crippen LogP) is 1.58. The fraction of sp³-hybridized carbons (Fsp3) is 0.765. The van der Waals surface area contributed by atoms with Crippen molar-refractivity contribution >= 4 is 18.3 Å². The van der Waals surface area contributed by atoms with Gasteiger partial charge < -0.3 is 14.8 Å². The molecule has 1 N–H and O–H groups in total. The number of halogens is 1. The van der Waals surface area contributed by atoms with Crippen LogP contribution in [0.5, 0.6) is 0 Å². The Balaban J connectivity index is 0.00000208. The van der Waals surface area contributed by atoms with Crippen LogP contribution in [-0.2, 0) is 11.8 Å². The summed E-state index contributed by atoms with van der Waals surface area (Å²) < 4.78 is 2.06. The third-order valence-electron chi connectivity index (χ3n) is 5.27. The van der Waals surface area contributed by atoms with Gasteiger partial charge in [-0.25, -0.2) is 4.98 Å². The molecule has 6 nitrogen and oxygen atoms in total. The number of hydrogen-bond acceptors (Lipinski definition) is 4. The van der Waals surface area contributed by atoms with E-state index in [1.165, 1.54) is 6.42 Å². The van der Waals surface area contributed by atoms with Crippen LogP contribution in [-0.4, -0.2) is 64.0 Å². The van der Waals surface area contributed by atoms with Crippen molar-refractivity contribution in [2.24, 2.45) is 7.05 Å². The Morgan fingerprint density at radius 2 is 2.21 bits per heavy atom. The molecule has 2 atom stereocenters. The number of hydrogen-bond donors (Lipinski definition) is 1. The summed E-state index contributed by atoms with van der Waals surface area (Å²) in [5, 5.41) is 3.43. The average Bonchev–Trinajstić information content (AvgIpc) is 3.01. The Labute approximate surface area is 151 Å². The number of aryl methyl sites for hydroxylation is 1. The van der Waals surface area contributed by atoms with Crippen molar-refractivity contribution in [2.45, 2.75) is 44.7 Å². The summed E-state index contributed by atoms with van der Waals surface area (Å²) in [6.45, 7) is 6.32. The van der Waals surface area contributed by atoms with Gasteiger partial charge in [0.05, 0.1) is 12.6 Å². The summed E-state index contributed by atoms with van der Waals surface area (Å²) >= 11 is 0. The van der Waals surface area contributed by atoms with Gasteiger partial charge in [0, 0.05) is 51.7 Å². The Morgan fingerprint density at radius 1 is 1.38 bits per heavy atom. The lowest BCUT2D eigenvalue weighted by Gasteiger charge is -2.39. The van der Waals surface area contributed by atoms with Crippen molar-refractivity contribution in [3.05, 3.63) is 18.2 Å². The van der Waals surface area contributed by atoms with Crippen LogP contribution in [0.2, 0.25) is 0 Å². The molecule has 0 bridgehead atoms. The van der Waals surface area contributed by atoms with Crippen molar-refractivity contribution in [3.8, 4) is 0 Å². The van der Waals surface area contributed by atoms with E-state index in [1.54, 1.807) is 0 Å². The largest absolute Gasteiger partial charge is 0.339 e. The number of imidazole rings is 1. The lowest BCUT2D eigenvalue weighted by Crippen LogP contribution is -2.53. The van der Waals surface area contributed by atoms with Gasteiger partial charge >= 0.3 is 0 Å². The topological polar surface area (TPSA) is 53.4 Å². The van der Waals surface area contributed by atoms with Gasteiger partial charge in [-0.1, -0.05) is 6.92 Å². The zero-order chi connectivity index (χ0) is 16.2. The van der Waals surface area contributed by atoms with Crippen molar-refractivity contribution in [3.63, 3.8) is 0 Å². The van der Waals surface area contributed by atoms with Crippen LogP contribution in [0.4, 0.5) is 0 Å². The van der Waals surface area contributed by atoms with Crippen LogP contribution in [0, 0.1) is 0 Å². The molecule has 0 aliphatic carbocycles. The highest BCUT2D eigenvalue weighted by Crippen LogP contribution is 2.23. The Morgan fingerprint density at radius 3 is 2.92 bits per heavy atom. The van der Waals surface area contributed by atoms with Crippen LogP contribution >= 0.6 is 12.4 Å². The third-order valence-corrected chi connectivity index (χ3v) is 5.27. The maximum absolute atomic E-state index is 12.9. The van der Waals surface area contributed by atoms with Crippen LogP contribution in [0.3, 0.4) is 0 Å². The molecule has 2 saturated heterocycles. The molecule has 24 heavy (non-hydrogen) atoms. The maximum Gasteiger partial charge on any atom is 0.237 e. The Kier molecular flexibility index (Phi) is 7.07. The van der Waals surface area contributed by atoms with E-state index in [4.69, 9.17) is 0 Å². The number of rotatable bonds is 4. The molecule has 2 fully saturated rings. The molecule has 0 radical (unpaired) electrons. The normalized spacial score (nSPS) is 25.3. The first-order valence-corrected chi connectivity index (χ1v) is 8.92. The molecule has 1 aromatic rings. The number of amides is 1. The SMILES string of the molecule is CCC1CCCCN1C(=O)CN1CCNCC1c1nccn1C.Cl. The third kappa shape index (κ3) is 4.10. The highest BCUT2D eigenvalue weighted by Gasteiger charge is 2.31. The summed E-state index contributed by atoms with van der Waals surface area (Å²) in [5.74, 6) is 1.33. The quantitative estimate of drug-likeness (QED) is 0.891. The van der Waals surface area contributed by atoms with Gasteiger partial charge in [0.2, 0.25) is 5.91 Å². The monoisotopic (exact) mass is 355 g/mol. The Bertz CT molecular complexity index is 535. The highest BCUT2D eigenvalue weighted by atomic mass is 35.5. The highest BCUT2D eigenvalue weighted by molar-refractivity contribution is 5.85. The fourth-order valence-corrected chi connectivity index (χ4v) is 3.91. The first-order valence-electron chi connectivity index (χ1n) is 8.92. The molecule has 2 aliphatic rings. The van der Waals surface area contributed by atoms with E-state index < -0.39 is 0 Å². The van der Waals surface area contributed by atoms with Crippen molar-refractivity contribution < 1.29 is 4.79 Å². The zero-order valence-corrected chi connectivity index (χ0v) is 15.6. The van der Waals surface area contributed by atoms with Crippen molar-refractivity contribution in [1.29, 1.82) is 0 Å². The molecular formula is C17H30ClN5O. The standard InChI is InChI=1S/C17H29N5O.ClH/c1-3-14-6-4-5-9-22(14)16(23)13-21-11-7-18-12-15(21)17-19-8-10-20(17)2;/h8,10,14-15,18H,3-7,9,11-13H2,1-2H3;1H. The van der Waals surface area contributed by atoms with Crippen molar-refractivity contribution in [1.82, 2.24) is 24.7 Å². The molecule has 0 spiro atoms. The van der Waals surface area contributed by atoms with Gasteiger partial charge in [-0.05, 0) is 25.7 Å². The summed E-state index contributed by atoms with van der Waals surface area (Å²) in [5.41, 5.74) is 0. The van der Waals surface area contributed by atoms with Crippen molar-refractivity contribution in [2.75, 3.05) is 32.7 Å². The van der Waals surface area contributed by atoms with E-state index in [0.717, 1.165) is 51.3 Å².